The molecule has 6 nitrogen and oxygen atoms in total. The highest BCUT2D eigenvalue weighted by Crippen LogP contribution is 2.40. The molecular weight excluding hydrogens is 447 g/mol. The maximum Gasteiger partial charge on any atom is 0.456 e. The Labute approximate surface area is 174 Å². The van der Waals surface area contributed by atoms with Crippen LogP contribution in [-0.2, 0) is 16.9 Å². The number of aromatic nitrogens is 2. The van der Waals surface area contributed by atoms with Crippen molar-refractivity contribution in [1.29, 1.82) is 0 Å². The minimum atomic E-state index is -5.80. The Hall–Kier alpha value is -2.50. The first-order valence-electron chi connectivity index (χ1n) is 9.30. The topological polar surface area (TPSA) is 78.3 Å². The first-order chi connectivity index (χ1) is 14.3. The number of hydrogen-bond donors (Lipinski definition) is 0. The quantitative estimate of drug-likeness (QED) is 0.582. The maximum atomic E-state index is 13.1. The van der Waals surface area contributed by atoms with Gasteiger partial charge in [-0.1, -0.05) is 6.92 Å². The Bertz CT molecular complexity index is 1150. The summed E-state index contributed by atoms with van der Waals surface area (Å²) >= 11 is 0. The number of halogens is 5. The van der Waals surface area contributed by atoms with Crippen molar-refractivity contribution in [3.05, 3.63) is 40.3 Å². The molecule has 2 aromatic rings. The molecule has 0 bridgehead atoms. The lowest BCUT2D eigenvalue weighted by atomic mass is 10.1. The van der Waals surface area contributed by atoms with Crippen LogP contribution in [0.3, 0.4) is 0 Å². The summed E-state index contributed by atoms with van der Waals surface area (Å²) in [5, 5.41) is 0. The molecule has 1 saturated carbocycles. The first-order valence-corrected chi connectivity index (χ1v) is 10.9. The van der Waals surface area contributed by atoms with Crippen molar-refractivity contribution in [1.82, 2.24) is 9.55 Å². The summed E-state index contributed by atoms with van der Waals surface area (Å²) in [6.45, 7) is -0.572. The summed E-state index contributed by atoms with van der Waals surface area (Å²) in [6, 6.07) is 5.10. The molecule has 1 aliphatic rings. The monoisotopic (exact) mass is 466 g/mol. The lowest BCUT2D eigenvalue weighted by molar-refractivity contribution is -0.290. The molecule has 170 valence electrons. The number of hydrogen-bond acceptors (Lipinski definition) is 5. The SMILES string of the molecule is CCS(=O)(=O)c1ccc(C2CC2)nc1-c1ccc(OCC(F)(F)C(F)(F)F)n(C)c1=O. The van der Waals surface area contributed by atoms with E-state index in [2.05, 4.69) is 9.72 Å². The Balaban J connectivity index is 2.04. The molecule has 0 N–H and O–H groups in total. The maximum absolute atomic E-state index is 13.1. The molecule has 1 fully saturated rings. The number of pyridine rings is 2. The summed E-state index contributed by atoms with van der Waals surface area (Å²) in [7, 11) is -2.63. The zero-order chi connectivity index (χ0) is 23.2. The average Bonchev–Trinajstić information content (AvgIpc) is 3.53. The van der Waals surface area contributed by atoms with Crippen molar-refractivity contribution in [2.24, 2.45) is 7.05 Å². The fraction of sp³-hybridized carbons (Fsp3) is 0.474. The Morgan fingerprint density at radius 1 is 1.13 bits per heavy atom. The van der Waals surface area contributed by atoms with Crippen LogP contribution in [0.2, 0.25) is 0 Å². The molecule has 0 spiro atoms. The molecule has 0 radical (unpaired) electrons. The molecule has 2 heterocycles. The van der Waals surface area contributed by atoms with Gasteiger partial charge in [0.15, 0.2) is 22.3 Å². The second-order valence-corrected chi connectivity index (χ2v) is 9.45. The molecule has 0 aliphatic heterocycles. The van der Waals surface area contributed by atoms with E-state index in [0.717, 1.165) is 36.6 Å². The van der Waals surface area contributed by atoms with E-state index in [0.29, 0.717) is 5.69 Å². The minimum Gasteiger partial charge on any atom is -0.472 e. The second-order valence-electron chi connectivity index (χ2n) is 7.20. The van der Waals surface area contributed by atoms with Gasteiger partial charge in [-0.05, 0) is 37.1 Å². The van der Waals surface area contributed by atoms with Crippen LogP contribution in [0.4, 0.5) is 22.0 Å². The lowest BCUT2D eigenvalue weighted by Crippen LogP contribution is -2.42. The number of rotatable bonds is 7. The molecule has 2 aromatic heterocycles. The van der Waals surface area contributed by atoms with Crippen molar-refractivity contribution in [3.63, 3.8) is 0 Å². The van der Waals surface area contributed by atoms with Crippen LogP contribution in [0.25, 0.3) is 11.3 Å². The molecular formula is C19H19F5N2O4S. The third-order valence-electron chi connectivity index (χ3n) is 4.92. The predicted molar refractivity (Wildman–Crippen MR) is 101 cm³/mol. The zero-order valence-electron chi connectivity index (χ0n) is 16.5. The van der Waals surface area contributed by atoms with Gasteiger partial charge in [0.05, 0.1) is 21.9 Å². The molecule has 0 atom stereocenters. The summed E-state index contributed by atoms with van der Waals surface area (Å²) in [5.74, 6) is -5.72. The van der Waals surface area contributed by atoms with Crippen LogP contribution in [0.15, 0.2) is 34.0 Å². The van der Waals surface area contributed by atoms with E-state index in [9.17, 15) is 35.2 Å². The highest BCUT2D eigenvalue weighted by atomic mass is 32.2. The van der Waals surface area contributed by atoms with E-state index >= 15 is 0 Å². The molecule has 1 aliphatic carbocycles. The number of alkyl halides is 5. The average molecular weight is 466 g/mol. The van der Waals surface area contributed by atoms with Crippen LogP contribution in [-0.4, -0.2) is 42.4 Å². The van der Waals surface area contributed by atoms with E-state index in [1.807, 2.05) is 0 Å². The van der Waals surface area contributed by atoms with Gasteiger partial charge in [-0.3, -0.25) is 14.3 Å². The first kappa shape index (κ1) is 23.2. The minimum absolute atomic E-state index is 0.0842. The highest BCUT2D eigenvalue weighted by Gasteiger charge is 2.58. The van der Waals surface area contributed by atoms with Gasteiger partial charge in [-0.25, -0.2) is 8.42 Å². The van der Waals surface area contributed by atoms with Crippen molar-refractivity contribution in [3.8, 4) is 17.1 Å². The normalized spacial score (nSPS) is 15.2. The van der Waals surface area contributed by atoms with E-state index < -0.39 is 40.0 Å². The summed E-state index contributed by atoms with van der Waals surface area (Å²) in [4.78, 5) is 17.0. The molecule has 0 amide bonds. The van der Waals surface area contributed by atoms with Crippen molar-refractivity contribution >= 4 is 9.84 Å². The Morgan fingerprint density at radius 3 is 2.32 bits per heavy atom. The standard InChI is InChI=1S/C19H19F5N2O4S/c1-3-31(28,29)14-8-7-13(11-4-5-11)25-16(14)12-6-9-15(26(2)17(12)27)30-10-18(20,21)19(22,23)24/h6-9,11H,3-5,10H2,1-2H3. The fourth-order valence-electron chi connectivity index (χ4n) is 2.86. The number of nitrogens with zero attached hydrogens (tertiary/aromatic N) is 2. The van der Waals surface area contributed by atoms with Gasteiger partial charge in [0.25, 0.3) is 5.56 Å². The van der Waals surface area contributed by atoms with Gasteiger partial charge in [-0.2, -0.15) is 22.0 Å². The summed E-state index contributed by atoms with van der Waals surface area (Å²) in [5.41, 5.74) is -0.441. The van der Waals surface area contributed by atoms with Crippen LogP contribution >= 0.6 is 0 Å². The van der Waals surface area contributed by atoms with Crippen LogP contribution in [0.5, 0.6) is 5.88 Å². The molecule has 3 rings (SSSR count). The summed E-state index contributed by atoms with van der Waals surface area (Å²) < 4.78 is 93.5. The number of ether oxygens (including phenoxy) is 1. The molecule has 31 heavy (non-hydrogen) atoms. The number of sulfone groups is 1. The molecule has 12 heteroatoms. The van der Waals surface area contributed by atoms with Gasteiger partial charge in [0, 0.05) is 18.7 Å². The largest absolute Gasteiger partial charge is 0.472 e. The van der Waals surface area contributed by atoms with E-state index in [4.69, 9.17) is 0 Å². The van der Waals surface area contributed by atoms with Gasteiger partial charge >= 0.3 is 12.1 Å². The van der Waals surface area contributed by atoms with E-state index in [-0.39, 0.29) is 27.8 Å². The zero-order valence-corrected chi connectivity index (χ0v) is 17.4. The van der Waals surface area contributed by atoms with Gasteiger partial charge in [0.2, 0.25) is 0 Å². The summed E-state index contributed by atoms with van der Waals surface area (Å²) in [6.07, 6.45) is -4.04. The Kier molecular flexibility index (Phi) is 5.89. The van der Waals surface area contributed by atoms with Crippen molar-refractivity contribution in [2.45, 2.75) is 42.7 Å². The van der Waals surface area contributed by atoms with Crippen LogP contribution in [0.1, 0.15) is 31.4 Å². The molecule has 0 unspecified atom stereocenters. The molecule has 0 saturated heterocycles. The third-order valence-corrected chi connectivity index (χ3v) is 6.68. The van der Waals surface area contributed by atoms with Gasteiger partial charge in [-0.15, -0.1) is 0 Å². The fourth-order valence-corrected chi connectivity index (χ4v) is 3.89. The van der Waals surface area contributed by atoms with Gasteiger partial charge < -0.3 is 4.74 Å². The van der Waals surface area contributed by atoms with E-state index in [1.165, 1.54) is 13.0 Å². The van der Waals surface area contributed by atoms with Crippen molar-refractivity contribution < 1.29 is 35.1 Å². The highest BCUT2D eigenvalue weighted by molar-refractivity contribution is 7.91. The molecule has 0 aromatic carbocycles. The third kappa shape index (κ3) is 4.58. The van der Waals surface area contributed by atoms with Gasteiger partial charge in [0.1, 0.15) is 0 Å². The van der Waals surface area contributed by atoms with Crippen LogP contribution < -0.4 is 10.3 Å². The predicted octanol–water partition coefficient (Wildman–Crippen LogP) is 3.69. The van der Waals surface area contributed by atoms with Crippen LogP contribution in [0, 0.1) is 0 Å². The Morgan fingerprint density at radius 2 is 1.77 bits per heavy atom. The second kappa shape index (κ2) is 7.88. The smallest absolute Gasteiger partial charge is 0.456 e. The van der Waals surface area contributed by atoms with Crippen molar-refractivity contribution in [2.75, 3.05) is 12.4 Å². The van der Waals surface area contributed by atoms with E-state index in [1.54, 1.807) is 6.07 Å². The lowest BCUT2D eigenvalue weighted by Gasteiger charge is -2.20.